The molecule has 2 aromatic carbocycles. The smallest absolute Gasteiger partial charge is 0.243 e. The van der Waals surface area contributed by atoms with Crippen molar-refractivity contribution in [3.05, 3.63) is 58.6 Å². The number of halogens is 3. The van der Waals surface area contributed by atoms with E-state index < -0.39 is 27.6 Å². The largest absolute Gasteiger partial charge is 0.309 e. The maximum Gasteiger partial charge on any atom is 0.243 e. The fourth-order valence-corrected chi connectivity index (χ4v) is 5.79. The number of hydrogen-bond donors (Lipinski definition) is 0. The van der Waals surface area contributed by atoms with E-state index in [1.807, 2.05) is 0 Å². The first-order valence-electron chi connectivity index (χ1n) is 9.82. The first-order chi connectivity index (χ1) is 14.3. The molecule has 1 fully saturated rings. The molecule has 1 amide bonds. The molecule has 1 saturated heterocycles. The molecule has 2 aliphatic rings. The Labute approximate surface area is 179 Å². The minimum Gasteiger partial charge on any atom is -0.309 e. The Bertz CT molecular complexity index is 1070. The van der Waals surface area contributed by atoms with Crippen molar-refractivity contribution in [3.63, 3.8) is 0 Å². The summed E-state index contributed by atoms with van der Waals surface area (Å²) in [5, 5.41) is 0.451. The molecule has 9 heteroatoms. The zero-order chi connectivity index (χ0) is 21.5. The number of nitrogens with zero attached hydrogens (tertiary/aromatic N) is 2. The topological polar surface area (TPSA) is 57.7 Å². The normalized spacial score (nSPS) is 18.3. The van der Waals surface area contributed by atoms with Crippen LogP contribution >= 0.6 is 11.6 Å². The van der Waals surface area contributed by atoms with E-state index in [0.29, 0.717) is 42.8 Å². The Morgan fingerprint density at radius 2 is 1.70 bits per heavy atom. The highest BCUT2D eigenvalue weighted by Gasteiger charge is 2.36. The molecule has 0 bridgehead atoms. The second kappa shape index (κ2) is 8.24. The van der Waals surface area contributed by atoms with Crippen LogP contribution in [-0.2, 0) is 21.2 Å². The van der Waals surface area contributed by atoms with E-state index >= 15 is 0 Å². The molecule has 160 valence electrons. The van der Waals surface area contributed by atoms with Crippen molar-refractivity contribution in [2.45, 2.75) is 30.6 Å². The standard InChI is InChI=1S/C21H21ClF2N2O3S/c22-16-3-5-18(6-4-16)30(28,29)25-10-7-14(8-11-25)21(27)26-9-1-2-15-12-17(23)13-19(24)20(15)26/h3-6,12-14H,1-2,7-11H2. The number of anilines is 1. The molecule has 0 spiro atoms. The number of aryl methyl sites for hydroxylation is 1. The van der Waals surface area contributed by atoms with E-state index in [0.717, 1.165) is 6.07 Å². The summed E-state index contributed by atoms with van der Waals surface area (Å²) in [6.45, 7) is 0.777. The molecule has 2 heterocycles. The van der Waals surface area contributed by atoms with Crippen LogP contribution in [0.2, 0.25) is 5.02 Å². The summed E-state index contributed by atoms with van der Waals surface area (Å²) in [7, 11) is -3.66. The van der Waals surface area contributed by atoms with Gasteiger partial charge in [0, 0.05) is 36.6 Å². The van der Waals surface area contributed by atoms with Crippen LogP contribution < -0.4 is 4.90 Å². The molecular weight excluding hydrogens is 434 g/mol. The lowest BCUT2D eigenvalue weighted by Crippen LogP contribution is -2.46. The van der Waals surface area contributed by atoms with Gasteiger partial charge in [0.1, 0.15) is 11.6 Å². The number of hydrogen-bond acceptors (Lipinski definition) is 3. The summed E-state index contributed by atoms with van der Waals surface area (Å²) >= 11 is 5.83. The number of sulfonamides is 1. The van der Waals surface area contributed by atoms with Crippen molar-refractivity contribution in [2.75, 3.05) is 24.5 Å². The van der Waals surface area contributed by atoms with Crippen molar-refractivity contribution in [1.29, 1.82) is 0 Å². The van der Waals surface area contributed by atoms with Crippen molar-refractivity contribution < 1.29 is 22.0 Å². The predicted octanol–water partition coefficient (Wildman–Crippen LogP) is 4.00. The molecule has 0 unspecified atom stereocenters. The van der Waals surface area contributed by atoms with Crippen molar-refractivity contribution in [1.82, 2.24) is 4.31 Å². The molecule has 4 rings (SSSR count). The minimum atomic E-state index is -3.66. The van der Waals surface area contributed by atoms with Gasteiger partial charge in [-0.3, -0.25) is 4.79 Å². The second-order valence-electron chi connectivity index (χ2n) is 7.62. The average Bonchev–Trinajstić information content (AvgIpc) is 2.73. The fraction of sp³-hybridized carbons (Fsp3) is 0.381. The monoisotopic (exact) mass is 454 g/mol. The van der Waals surface area contributed by atoms with Crippen LogP contribution in [0, 0.1) is 17.6 Å². The summed E-state index contributed by atoms with van der Waals surface area (Å²) in [6.07, 6.45) is 1.84. The summed E-state index contributed by atoms with van der Waals surface area (Å²) in [5.74, 6) is -2.02. The van der Waals surface area contributed by atoms with E-state index in [1.54, 1.807) is 0 Å². The third-order valence-electron chi connectivity index (χ3n) is 5.73. The maximum absolute atomic E-state index is 14.4. The summed E-state index contributed by atoms with van der Waals surface area (Å²) in [6, 6.07) is 8.04. The van der Waals surface area contributed by atoms with Crippen molar-refractivity contribution in [3.8, 4) is 0 Å². The van der Waals surface area contributed by atoms with Gasteiger partial charge in [-0.05, 0) is 61.6 Å². The number of piperidine rings is 1. The Kier molecular flexibility index (Phi) is 5.83. The number of fused-ring (bicyclic) bond motifs is 1. The zero-order valence-electron chi connectivity index (χ0n) is 16.2. The molecule has 5 nitrogen and oxygen atoms in total. The van der Waals surface area contributed by atoms with Crippen LogP contribution in [0.1, 0.15) is 24.8 Å². The summed E-state index contributed by atoms with van der Waals surface area (Å²) in [5.41, 5.74) is 0.652. The number of amides is 1. The van der Waals surface area contributed by atoms with Gasteiger partial charge in [0.15, 0.2) is 0 Å². The van der Waals surface area contributed by atoms with Gasteiger partial charge in [-0.2, -0.15) is 4.31 Å². The molecule has 0 atom stereocenters. The van der Waals surface area contributed by atoms with Crippen LogP contribution in [0.4, 0.5) is 14.5 Å². The Morgan fingerprint density at radius 1 is 1.03 bits per heavy atom. The summed E-state index contributed by atoms with van der Waals surface area (Å²) < 4.78 is 55.0. The molecular formula is C21H21ClF2N2O3S. The molecule has 0 N–H and O–H groups in total. The SMILES string of the molecule is O=C(C1CCN(S(=O)(=O)c2ccc(Cl)cc2)CC1)N1CCCc2cc(F)cc(F)c21. The highest BCUT2D eigenvalue weighted by Crippen LogP contribution is 2.34. The minimum absolute atomic E-state index is 0.156. The fourth-order valence-electron chi connectivity index (χ4n) is 4.19. The molecule has 0 aliphatic carbocycles. The predicted molar refractivity (Wildman–Crippen MR) is 110 cm³/mol. The second-order valence-corrected chi connectivity index (χ2v) is 10.00. The number of carbonyl (C=O) groups is 1. The van der Waals surface area contributed by atoms with Gasteiger partial charge in [0.25, 0.3) is 0 Å². The van der Waals surface area contributed by atoms with E-state index in [9.17, 15) is 22.0 Å². The number of benzene rings is 2. The van der Waals surface area contributed by atoms with Gasteiger partial charge in [0.05, 0.1) is 10.6 Å². The van der Waals surface area contributed by atoms with Crippen LogP contribution in [0.15, 0.2) is 41.3 Å². The first kappa shape index (κ1) is 21.2. The van der Waals surface area contributed by atoms with Crippen LogP contribution in [-0.4, -0.2) is 38.3 Å². The van der Waals surface area contributed by atoms with E-state index in [4.69, 9.17) is 11.6 Å². The molecule has 30 heavy (non-hydrogen) atoms. The van der Waals surface area contributed by atoms with Gasteiger partial charge < -0.3 is 4.90 Å². The van der Waals surface area contributed by atoms with Crippen LogP contribution in [0.5, 0.6) is 0 Å². The number of rotatable bonds is 3. The van der Waals surface area contributed by atoms with E-state index in [2.05, 4.69) is 0 Å². The molecule has 2 aromatic rings. The van der Waals surface area contributed by atoms with E-state index in [1.165, 1.54) is 39.5 Å². The van der Waals surface area contributed by atoms with Crippen molar-refractivity contribution in [2.24, 2.45) is 5.92 Å². The van der Waals surface area contributed by atoms with Crippen LogP contribution in [0.25, 0.3) is 0 Å². The zero-order valence-corrected chi connectivity index (χ0v) is 17.7. The highest BCUT2D eigenvalue weighted by molar-refractivity contribution is 7.89. The third kappa shape index (κ3) is 3.96. The van der Waals surface area contributed by atoms with E-state index in [-0.39, 0.29) is 29.6 Å². The van der Waals surface area contributed by atoms with Crippen LogP contribution in [0.3, 0.4) is 0 Å². The first-order valence-corrected chi connectivity index (χ1v) is 11.6. The molecule has 2 aliphatic heterocycles. The number of carbonyl (C=O) groups excluding carboxylic acids is 1. The van der Waals surface area contributed by atoms with Gasteiger partial charge in [0.2, 0.25) is 15.9 Å². The molecule has 0 aromatic heterocycles. The van der Waals surface area contributed by atoms with Gasteiger partial charge in [-0.15, -0.1) is 0 Å². The average molecular weight is 455 g/mol. The summed E-state index contributed by atoms with van der Waals surface area (Å²) in [4.78, 5) is 14.7. The maximum atomic E-state index is 14.4. The lowest BCUT2D eigenvalue weighted by atomic mass is 9.93. The third-order valence-corrected chi connectivity index (χ3v) is 7.89. The van der Waals surface area contributed by atoms with Crippen molar-refractivity contribution >= 4 is 33.2 Å². The molecule has 0 saturated carbocycles. The molecule has 0 radical (unpaired) electrons. The Balaban J connectivity index is 1.48. The van der Waals surface area contributed by atoms with Gasteiger partial charge >= 0.3 is 0 Å². The Hall–Kier alpha value is -2.03. The lowest BCUT2D eigenvalue weighted by Gasteiger charge is -2.36. The highest BCUT2D eigenvalue weighted by atomic mass is 35.5. The van der Waals surface area contributed by atoms with Gasteiger partial charge in [-0.25, -0.2) is 17.2 Å². The quantitative estimate of drug-likeness (QED) is 0.704. The van der Waals surface area contributed by atoms with Gasteiger partial charge in [-0.1, -0.05) is 11.6 Å². The lowest BCUT2D eigenvalue weighted by molar-refractivity contribution is -0.123. The Morgan fingerprint density at radius 3 is 2.37 bits per heavy atom.